The molecule has 0 unspecified atom stereocenters. The summed E-state index contributed by atoms with van der Waals surface area (Å²) in [6.45, 7) is 1.98. The van der Waals surface area contributed by atoms with Crippen molar-refractivity contribution in [1.82, 2.24) is 4.90 Å². The zero-order valence-corrected chi connectivity index (χ0v) is 22.2. The van der Waals surface area contributed by atoms with E-state index in [2.05, 4.69) is 51.2 Å². The van der Waals surface area contributed by atoms with Gasteiger partial charge in [-0.2, -0.15) is 0 Å². The molecule has 1 aliphatic rings. The number of methoxy groups -OCH3 is 2. The van der Waals surface area contributed by atoms with Crippen LogP contribution in [-0.4, -0.2) is 64.3 Å². The van der Waals surface area contributed by atoms with E-state index >= 15 is 0 Å². The van der Waals surface area contributed by atoms with Crippen molar-refractivity contribution in [2.45, 2.75) is 18.9 Å². The molecule has 0 N–H and O–H groups in total. The van der Waals surface area contributed by atoms with E-state index in [9.17, 15) is 9.59 Å². The number of piperidine rings is 1. The van der Waals surface area contributed by atoms with Gasteiger partial charge in [0.05, 0.1) is 35.4 Å². The molecule has 2 aromatic carbocycles. The number of carbonyl (C=O) groups is 2. The lowest BCUT2D eigenvalue weighted by molar-refractivity contribution is 0.0592. The van der Waals surface area contributed by atoms with Crippen molar-refractivity contribution < 1.29 is 19.1 Å². The Morgan fingerprint density at radius 1 is 0.938 bits per heavy atom. The van der Waals surface area contributed by atoms with Gasteiger partial charge in [0.1, 0.15) is 0 Å². The van der Waals surface area contributed by atoms with Gasteiger partial charge in [0, 0.05) is 28.4 Å². The SMILES string of the molecule is COC(=O)c1cc(I)ccc1Cl.COC(=O)c1cc(N2CCC(N(C)C)CC2)ccc1Cl. The summed E-state index contributed by atoms with van der Waals surface area (Å²) in [5, 5.41) is 0.853. The van der Waals surface area contributed by atoms with Crippen LogP contribution in [0.1, 0.15) is 33.6 Å². The van der Waals surface area contributed by atoms with Crippen molar-refractivity contribution in [3.8, 4) is 0 Å². The monoisotopic (exact) mass is 592 g/mol. The van der Waals surface area contributed by atoms with Gasteiger partial charge in [0.2, 0.25) is 0 Å². The minimum absolute atomic E-state index is 0.389. The third-order valence-electron chi connectivity index (χ3n) is 5.25. The molecular weight excluding hydrogens is 566 g/mol. The van der Waals surface area contributed by atoms with Gasteiger partial charge < -0.3 is 19.3 Å². The topological polar surface area (TPSA) is 59.1 Å². The summed E-state index contributed by atoms with van der Waals surface area (Å²) in [6, 6.07) is 11.4. The summed E-state index contributed by atoms with van der Waals surface area (Å²) in [5.74, 6) is -0.793. The molecule has 174 valence electrons. The van der Waals surface area contributed by atoms with Crippen LogP contribution in [0.15, 0.2) is 36.4 Å². The van der Waals surface area contributed by atoms with Crippen molar-refractivity contribution in [3.63, 3.8) is 0 Å². The van der Waals surface area contributed by atoms with E-state index in [1.165, 1.54) is 14.2 Å². The highest BCUT2D eigenvalue weighted by molar-refractivity contribution is 14.1. The van der Waals surface area contributed by atoms with Gasteiger partial charge in [-0.1, -0.05) is 23.2 Å². The number of hydrogen-bond donors (Lipinski definition) is 0. The Labute approximate surface area is 212 Å². The van der Waals surface area contributed by atoms with Crippen LogP contribution >= 0.6 is 45.8 Å². The molecule has 0 spiro atoms. The summed E-state index contributed by atoms with van der Waals surface area (Å²) in [6.07, 6.45) is 2.26. The van der Waals surface area contributed by atoms with Crippen molar-refractivity contribution in [2.24, 2.45) is 0 Å². The summed E-state index contributed by atoms with van der Waals surface area (Å²) in [4.78, 5) is 27.3. The molecular formula is C23H27Cl2IN2O4. The first-order valence-corrected chi connectivity index (χ1v) is 11.8. The van der Waals surface area contributed by atoms with E-state index in [-0.39, 0.29) is 5.97 Å². The minimum atomic E-state index is -0.404. The highest BCUT2D eigenvalue weighted by Gasteiger charge is 2.22. The quantitative estimate of drug-likeness (QED) is 0.351. The van der Waals surface area contributed by atoms with Crippen LogP contribution in [0.2, 0.25) is 10.0 Å². The Morgan fingerprint density at radius 2 is 1.44 bits per heavy atom. The molecule has 0 bridgehead atoms. The van der Waals surface area contributed by atoms with Crippen LogP contribution < -0.4 is 4.90 Å². The zero-order valence-electron chi connectivity index (χ0n) is 18.5. The Kier molecular flexibility index (Phi) is 10.5. The predicted octanol–water partition coefficient (Wildman–Crippen LogP) is 5.39. The van der Waals surface area contributed by atoms with Gasteiger partial charge in [-0.25, -0.2) is 9.59 Å². The Balaban J connectivity index is 0.000000258. The molecule has 0 aromatic heterocycles. The van der Waals surface area contributed by atoms with Gasteiger partial charge in [-0.05, 0) is 85.9 Å². The molecule has 0 radical (unpaired) electrons. The van der Waals surface area contributed by atoms with Gasteiger partial charge in [0.15, 0.2) is 0 Å². The first-order valence-electron chi connectivity index (χ1n) is 10.0. The number of carbonyl (C=O) groups excluding carboxylic acids is 2. The summed E-state index contributed by atoms with van der Waals surface area (Å²) in [5.41, 5.74) is 1.87. The second-order valence-corrected chi connectivity index (χ2v) is 9.51. The number of anilines is 1. The maximum atomic E-state index is 11.7. The van der Waals surface area contributed by atoms with Crippen LogP contribution in [-0.2, 0) is 9.47 Å². The average Bonchev–Trinajstić information content (AvgIpc) is 2.80. The van der Waals surface area contributed by atoms with Crippen molar-refractivity contribution >= 4 is 63.4 Å². The number of halogens is 3. The molecule has 0 atom stereocenters. The lowest BCUT2D eigenvalue weighted by Crippen LogP contribution is -2.42. The second kappa shape index (κ2) is 12.6. The number of ether oxygens (including phenoxy) is 2. The lowest BCUT2D eigenvalue weighted by Gasteiger charge is -2.36. The van der Waals surface area contributed by atoms with Gasteiger partial charge in [-0.3, -0.25) is 0 Å². The van der Waals surface area contributed by atoms with Crippen molar-refractivity contribution in [2.75, 3.05) is 46.3 Å². The van der Waals surface area contributed by atoms with Crippen LogP contribution in [0.5, 0.6) is 0 Å². The fraction of sp³-hybridized carbons (Fsp3) is 0.391. The molecule has 3 rings (SSSR count). The standard InChI is InChI=1S/C15H21ClN2O2.C8H6ClIO2/c1-17(2)11-6-8-18(9-7-11)12-4-5-14(16)13(10-12)15(19)20-3;1-12-8(11)6-4-5(10)2-3-7(6)9/h4-5,10-11H,6-9H2,1-3H3;2-4H,1H3. The molecule has 1 aliphatic heterocycles. The van der Waals surface area contributed by atoms with Crippen LogP contribution in [0.25, 0.3) is 0 Å². The average molecular weight is 593 g/mol. The number of esters is 2. The van der Waals surface area contributed by atoms with Crippen LogP contribution in [0.4, 0.5) is 5.69 Å². The number of nitrogens with zero attached hydrogens (tertiary/aromatic N) is 2. The summed E-state index contributed by atoms with van der Waals surface area (Å²) >= 11 is 13.9. The molecule has 0 aliphatic carbocycles. The molecule has 32 heavy (non-hydrogen) atoms. The lowest BCUT2D eigenvalue weighted by atomic mass is 10.0. The molecule has 1 fully saturated rings. The fourth-order valence-corrected chi connectivity index (χ4v) is 4.26. The maximum Gasteiger partial charge on any atom is 0.339 e. The number of benzene rings is 2. The van der Waals surface area contributed by atoms with Crippen molar-refractivity contribution in [3.05, 3.63) is 61.1 Å². The highest BCUT2D eigenvalue weighted by Crippen LogP contribution is 2.27. The first kappa shape index (κ1) is 26.7. The fourth-order valence-electron chi connectivity index (χ4n) is 3.38. The van der Waals surface area contributed by atoms with E-state index in [0.717, 1.165) is 35.2 Å². The molecule has 2 aromatic rings. The number of hydrogen-bond acceptors (Lipinski definition) is 6. The molecule has 6 nitrogen and oxygen atoms in total. The van der Waals surface area contributed by atoms with E-state index in [0.29, 0.717) is 27.2 Å². The minimum Gasteiger partial charge on any atom is -0.465 e. The summed E-state index contributed by atoms with van der Waals surface area (Å²) < 4.78 is 10.3. The van der Waals surface area contributed by atoms with E-state index in [1.54, 1.807) is 18.2 Å². The third kappa shape index (κ3) is 7.23. The Hall–Kier alpha value is -1.55. The van der Waals surface area contributed by atoms with Gasteiger partial charge >= 0.3 is 11.9 Å². The van der Waals surface area contributed by atoms with Crippen LogP contribution in [0, 0.1) is 3.57 Å². The third-order valence-corrected chi connectivity index (χ3v) is 6.58. The molecule has 0 saturated carbocycles. The Bertz CT molecular complexity index is 948. The van der Waals surface area contributed by atoms with E-state index in [1.807, 2.05) is 18.2 Å². The second-order valence-electron chi connectivity index (χ2n) is 7.45. The zero-order chi connectivity index (χ0) is 23.8. The number of rotatable bonds is 4. The molecule has 9 heteroatoms. The predicted molar refractivity (Wildman–Crippen MR) is 137 cm³/mol. The summed E-state index contributed by atoms with van der Waals surface area (Å²) in [7, 11) is 6.95. The van der Waals surface area contributed by atoms with Crippen LogP contribution in [0.3, 0.4) is 0 Å². The van der Waals surface area contributed by atoms with Gasteiger partial charge in [-0.15, -0.1) is 0 Å². The first-order chi connectivity index (χ1) is 15.2. The maximum absolute atomic E-state index is 11.7. The molecule has 1 heterocycles. The normalized spacial score (nSPS) is 13.9. The highest BCUT2D eigenvalue weighted by atomic mass is 127. The van der Waals surface area contributed by atoms with E-state index in [4.69, 9.17) is 27.9 Å². The van der Waals surface area contributed by atoms with E-state index < -0.39 is 5.97 Å². The van der Waals surface area contributed by atoms with Crippen molar-refractivity contribution in [1.29, 1.82) is 0 Å². The smallest absolute Gasteiger partial charge is 0.339 e. The van der Waals surface area contributed by atoms with Gasteiger partial charge in [0.25, 0.3) is 0 Å². The Morgan fingerprint density at radius 3 is 1.94 bits per heavy atom. The molecule has 1 saturated heterocycles. The largest absolute Gasteiger partial charge is 0.465 e. The molecule has 0 amide bonds.